The van der Waals surface area contributed by atoms with Crippen molar-refractivity contribution in [1.29, 1.82) is 0 Å². The topological polar surface area (TPSA) is 15.3 Å². The smallest absolute Gasteiger partial charge is 0.130 e. The molecule has 0 saturated carbocycles. The molecule has 3 heteroatoms. The van der Waals surface area contributed by atoms with Gasteiger partial charge in [0.05, 0.1) is 0 Å². The van der Waals surface area contributed by atoms with E-state index in [0.29, 0.717) is 0 Å². The number of benzene rings is 1. The largest absolute Gasteiger partial charge is 0.314 e. The van der Waals surface area contributed by atoms with Crippen molar-refractivity contribution >= 4 is 0 Å². The number of piperazine rings is 1. The molecule has 2 nitrogen and oxygen atoms in total. The maximum Gasteiger partial charge on any atom is 0.130 e. The number of aryl methyl sites for hydroxylation is 2. The lowest BCUT2D eigenvalue weighted by Gasteiger charge is -2.28. The van der Waals surface area contributed by atoms with Crippen LogP contribution in [0, 0.1) is 19.7 Å². The summed E-state index contributed by atoms with van der Waals surface area (Å²) in [6.45, 7) is 8.58. The zero-order chi connectivity index (χ0) is 11.5. The Morgan fingerprint density at radius 2 is 1.81 bits per heavy atom. The summed E-state index contributed by atoms with van der Waals surface area (Å²) < 4.78 is 14.0. The Balaban J connectivity index is 2.16. The van der Waals surface area contributed by atoms with Gasteiger partial charge in [0.2, 0.25) is 0 Å². The first-order valence-electron chi connectivity index (χ1n) is 5.86. The number of halogens is 1. The highest BCUT2D eigenvalue weighted by Gasteiger charge is 2.14. The van der Waals surface area contributed by atoms with Crippen molar-refractivity contribution < 1.29 is 4.39 Å². The molecule has 1 heterocycles. The van der Waals surface area contributed by atoms with Gasteiger partial charge in [0, 0.05) is 38.3 Å². The molecule has 1 fully saturated rings. The van der Waals surface area contributed by atoms with Crippen LogP contribution in [0.2, 0.25) is 0 Å². The van der Waals surface area contributed by atoms with Crippen LogP contribution in [-0.4, -0.2) is 31.1 Å². The second kappa shape index (κ2) is 4.93. The summed E-state index contributed by atoms with van der Waals surface area (Å²) in [7, 11) is 0. The zero-order valence-corrected chi connectivity index (χ0v) is 10.0. The molecule has 1 aliphatic heterocycles. The van der Waals surface area contributed by atoms with E-state index < -0.39 is 0 Å². The van der Waals surface area contributed by atoms with E-state index in [1.165, 1.54) is 0 Å². The minimum atomic E-state index is -0.0291. The standard InChI is InChI=1S/C13H19FN2/c1-10-3-4-11(2)13(14)12(10)9-16-7-5-15-6-8-16/h3-4,15H,5-9H2,1-2H3. The molecular formula is C13H19FN2. The fourth-order valence-corrected chi connectivity index (χ4v) is 2.12. The van der Waals surface area contributed by atoms with Crippen molar-refractivity contribution in [2.45, 2.75) is 20.4 Å². The van der Waals surface area contributed by atoms with Gasteiger partial charge in [-0.1, -0.05) is 12.1 Å². The van der Waals surface area contributed by atoms with Crippen molar-refractivity contribution in [2.75, 3.05) is 26.2 Å². The molecule has 0 amide bonds. The lowest BCUT2D eigenvalue weighted by atomic mass is 10.0. The Morgan fingerprint density at radius 3 is 2.50 bits per heavy atom. The summed E-state index contributed by atoms with van der Waals surface area (Å²) in [6.07, 6.45) is 0. The third-order valence-corrected chi connectivity index (χ3v) is 3.26. The predicted molar refractivity (Wildman–Crippen MR) is 64.0 cm³/mol. The fourth-order valence-electron chi connectivity index (χ4n) is 2.12. The van der Waals surface area contributed by atoms with Crippen LogP contribution in [0.25, 0.3) is 0 Å². The van der Waals surface area contributed by atoms with Crippen LogP contribution < -0.4 is 5.32 Å². The normalized spacial score (nSPS) is 17.7. The van der Waals surface area contributed by atoms with Gasteiger partial charge >= 0.3 is 0 Å². The van der Waals surface area contributed by atoms with Gasteiger partial charge in [0.15, 0.2) is 0 Å². The second-order valence-corrected chi connectivity index (χ2v) is 4.52. The van der Waals surface area contributed by atoms with E-state index in [2.05, 4.69) is 10.2 Å². The van der Waals surface area contributed by atoms with Crippen LogP contribution in [-0.2, 0) is 6.54 Å². The van der Waals surface area contributed by atoms with Crippen LogP contribution in [0.15, 0.2) is 12.1 Å². The average Bonchev–Trinajstić information content (AvgIpc) is 2.31. The molecule has 1 aromatic carbocycles. The van der Waals surface area contributed by atoms with Crippen LogP contribution in [0.4, 0.5) is 4.39 Å². The maximum atomic E-state index is 14.0. The molecule has 0 aliphatic carbocycles. The molecule has 1 saturated heterocycles. The summed E-state index contributed by atoms with van der Waals surface area (Å²) >= 11 is 0. The van der Waals surface area contributed by atoms with Crippen LogP contribution >= 0.6 is 0 Å². The van der Waals surface area contributed by atoms with E-state index in [1.807, 2.05) is 26.0 Å². The van der Waals surface area contributed by atoms with E-state index in [0.717, 1.165) is 49.4 Å². The molecule has 0 unspecified atom stereocenters. The lowest BCUT2D eigenvalue weighted by molar-refractivity contribution is 0.230. The molecule has 1 aromatic rings. The monoisotopic (exact) mass is 222 g/mol. The minimum absolute atomic E-state index is 0.0291. The molecule has 0 radical (unpaired) electrons. The van der Waals surface area contributed by atoms with Gasteiger partial charge in [-0.3, -0.25) is 4.90 Å². The lowest BCUT2D eigenvalue weighted by Crippen LogP contribution is -2.43. The Kier molecular flexibility index (Phi) is 3.56. The van der Waals surface area contributed by atoms with Crippen molar-refractivity contribution in [2.24, 2.45) is 0 Å². The van der Waals surface area contributed by atoms with Gasteiger partial charge in [-0.15, -0.1) is 0 Å². The molecule has 0 atom stereocenters. The van der Waals surface area contributed by atoms with Crippen LogP contribution in [0.5, 0.6) is 0 Å². The Hall–Kier alpha value is -0.930. The molecule has 88 valence electrons. The molecule has 0 aromatic heterocycles. The molecule has 1 N–H and O–H groups in total. The highest BCUT2D eigenvalue weighted by molar-refractivity contribution is 5.32. The first-order valence-corrected chi connectivity index (χ1v) is 5.86. The van der Waals surface area contributed by atoms with E-state index in [-0.39, 0.29) is 5.82 Å². The van der Waals surface area contributed by atoms with Gasteiger partial charge in [0.25, 0.3) is 0 Å². The van der Waals surface area contributed by atoms with Gasteiger partial charge in [0.1, 0.15) is 5.82 Å². The number of hydrogen-bond donors (Lipinski definition) is 1. The number of rotatable bonds is 2. The number of nitrogens with one attached hydrogen (secondary N) is 1. The average molecular weight is 222 g/mol. The second-order valence-electron chi connectivity index (χ2n) is 4.52. The van der Waals surface area contributed by atoms with E-state index in [9.17, 15) is 4.39 Å². The summed E-state index contributed by atoms with van der Waals surface area (Å²) in [5.74, 6) is -0.0291. The Bertz CT molecular complexity index is 370. The molecule has 2 rings (SSSR count). The fraction of sp³-hybridized carbons (Fsp3) is 0.538. The summed E-state index contributed by atoms with van der Waals surface area (Å²) in [5, 5.41) is 3.31. The maximum absolute atomic E-state index is 14.0. The van der Waals surface area contributed by atoms with Gasteiger partial charge < -0.3 is 5.32 Å². The van der Waals surface area contributed by atoms with E-state index >= 15 is 0 Å². The SMILES string of the molecule is Cc1ccc(C)c(CN2CCNCC2)c1F. The van der Waals surface area contributed by atoms with Crippen molar-refractivity contribution in [3.05, 3.63) is 34.6 Å². The van der Waals surface area contributed by atoms with Crippen LogP contribution in [0.1, 0.15) is 16.7 Å². The van der Waals surface area contributed by atoms with E-state index in [4.69, 9.17) is 0 Å². The van der Waals surface area contributed by atoms with Crippen molar-refractivity contribution in [1.82, 2.24) is 10.2 Å². The molecule has 1 aliphatic rings. The van der Waals surface area contributed by atoms with Gasteiger partial charge in [-0.2, -0.15) is 0 Å². The Labute approximate surface area is 96.5 Å². The van der Waals surface area contributed by atoms with E-state index in [1.54, 1.807) is 0 Å². The third kappa shape index (κ3) is 2.42. The predicted octanol–water partition coefficient (Wildman–Crippen LogP) is 1.85. The molecule has 0 bridgehead atoms. The number of hydrogen-bond acceptors (Lipinski definition) is 2. The summed E-state index contributed by atoms with van der Waals surface area (Å²) in [4.78, 5) is 2.31. The van der Waals surface area contributed by atoms with Crippen molar-refractivity contribution in [3.8, 4) is 0 Å². The Morgan fingerprint density at radius 1 is 1.19 bits per heavy atom. The highest BCUT2D eigenvalue weighted by atomic mass is 19.1. The minimum Gasteiger partial charge on any atom is -0.314 e. The van der Waals surface area contributed by atoms with Gasteiger partial charge in [-0.05, 0) is 25.0 Å². The first-order chi connectivity index (χ1) is 7.68. The highest BCUT2D eigenvalue weighted by Crippen LogP contribution is 2.18. The van der Waals surface area contributed by atoms with Gasteiger partial charge in [-0.25, -0.2) is 4.39 Å². The molecule has 0 spiro atoms. The first kappa shape index (κ1) is 11.6. The summed E-state index contributed by atoms with van der Waals surface area (Å²) in [6, 6.07) is 3.86. The summed E-state index contributed by atoms with van der Waals surface area (Å²) in [5.41, 5.74) is 2.67. The number of nitrogens with zero attached hydrogens (tertiary/aromatic N) is 1. The van der Waals surface area contributed by atoms with Crippen LogP contribution in [0.3, 0.4) is 0 Å². The quantitative estimate of drug-likeness (QED) is 0.821. The zero-order valence-electron chi connectivity index (χ0n) is 10.0. The molecule has 16 heavy (non-hydrogen) atoms. The third-order valence-electron chi connectivity index (χ3n) is 3.26. The van der Waals surface area contributed by atoms with Crippen molar-refractivity contribution in [3.63, 3.8) is 0 Å². The molecular weight excluding hydrogens is 203 g/mol.